The number of H-pyrrole nitrogens is 1. The van der Waals surface area contributed by atoms with Crippen molar-refractivity contribution in [2.24, 2.45) is 0 Å². The molecule has 0 radical (unpaired) electrons. The van der Waals surface area contributed by atoms with Crippen LogP contribution < -0.4 is 5.56 Å². The monoisotopic (exact) mass is 288 g/mol. The number of rotatable bonds is 2. The molecule has 1 aromatic carbocycles. The average molecular weight is 289 g/mol. The van der Waals surface area contributed by atoms with E-state index in [2.05, 4.69) is 15.1 Å². The molecule has 0 spiro atoms. The Morgan fingerprint density at radius 3 is 2.85 bits per heavy atom. The van der Waals surface area contributed by atoms with Gasteiger partial charge in [-0.1, -0.05) is 37.6 Å². The van der Waals surface area contributed by atoms with Gasteiger partial charge in [0.25, 0.3) is 11.3 Å². The van der Waals surface area contributed by atoms with E-state index in [9.17, 15) is 4.79 Å². The largest absolute Gasteiger partial charge is 0.278 e. The van der Waals surface area contributed by atoms with Gasteiger partial charge in [-0.3, -0.25) is 9.89 Å². The van der Waals surface area contributed by atoms with Crippen LogP contribution in [-0.4, -0.2) is 19.6 Å². The molecule has 6 heteroatoms. The maximum Gasteiger partial charge on any atom is 0.278 e. The second-order valence-corrected chi connectivity index (χ2v) is 5.30. The summed E-state index contributed by atoms with van der Waals surface area (Å²) in [4.78, 5) is 21.1. The molecule has 0 fully saturated rings. The number of hydrogen-bond donors (Lipinski definition) is 1. The Morgan fingerprint density at radius 1 is 1.35 bits per heavy atom. The number of aromatic nitrogens is 4. The molecule has 2 aromatic heterocycles. The summed E-state index contributed by atoms with van der Waals surface area (Å²) in [5.74, 6) is 0.401. The molecule has 3 aromatic rings. The molecule has 1 N–H and O–H groups in total. The van der Waals surface area contributed by atoms with Crippen molar-refractivity contribution in [1.82, 2.24) is 19.6 Å². The molecule has 3 rings (SSSR count). The summed E-state index contributed by atoms with van der Waals surface area (Å²) >= 11 is 6.03. The molecule has 0 aliphatic heterocycles. The van der Waals surface area contributed by atoms with Gasteiger partial charge in [0.05, 0.1) is 5.69 Å². The summed E-state index contributed by atoms with van der Waals surface area (Å²) in [6, 6.07) is 7.33. The lowest BCUT2D eigenvalue weighted by Gasteiger charge is -2.11. The van der Waals surface area contributed by atoms with E-state index in [0.29, 0.717) is 22.1 Å². The van der Waals surface area contributed by atoms with Crippen LogP contribution in [0.2, 0.25) is 5.02 Å². The van der Waals surface area contributed by atoms with Crippen molar-refractivity contribution >= 4 is 17.4 Å². The summed E-state index contributed by atoms with van der Waals surface area (Å²) < 4.78 is 1.35. The van der Waals surface area contributed by atoms with Crippen LogP contribution in [0.3, 0.4) is 0 Å². The van der Waals surface area contributed by atoms with E-state index in [1.807, 2.05) is 26.0 Å². The first-order valence-electron chi connectivity index (χ1n) is 6.30. The fourth-order valence-corrected chi connectivity index (χ4v) is 2.44. The van der Waals surface area contributed by atoms with E-state index >= 15 is 0 Å². The highest BCUT2D eigenvalue weighted by Crippen LogP contribution is 2.26. The van der Waals surface area contributed by atoms with Crippen LogP contribution in [0.25, 0.3) is 17.0 Å². The molecule has 0 atom stereocenters. The molecule has 0 bridgehead atoms. The van der Waals surface area contributed by atoms with Crippen LogP contribution in [0.4, 0.5) is 0 Å². The molecular formula is C14H13ClN4O. The van der Waals surface area contributed by atoms with E-state index in [1.54, 1.807) is 12.1 Å². The van der Waals surface area contributed by atoms with Gasteiger partial charge in [0.2, 0.25) is 0 Å². The molecular weight excluding hydrogens is 276 g/mol. The minimum Gasteiger partial charge on any atom is -0.278 e. The van der Waals surface area contributed by atoms with Crippen molar-refractivity contribution in [3.63, 3.8) is 0 Å². The number of halogens is 1. The van der Waals surface area contributed by atoms with Crippen molar-refractivity contribution in [3.05, 3.63) is 51.5 Å². The van der Waals surface area contributed by atoms with Crippen molar-refractivity contribution in [3.8, 4) is 11.3 Å². The predicted octanol–water partition coefficient (Wildman–Crippen LogP) is 2.86. The summed E-state index contributed by atoms with van der Waals surface area (Å²) in [6.07, 6.45) is 1.45. The Kier molecular flexibility index (Phi) is 3.06. The Balaban J connectivity index is 2.39. The number of aromatic amines is 1. The molecule has 102 valence electrons. The first kappa shape index (κ1) is 12.9. The average Bonchev–Trinajstić information content (AvgIpc) is 2.86. The van der Waals surface area contributed by atoms with Gasteiger partial charge in [-0.2, -0.15) is 4.52 Å². The Labute approximate surface area is 120 Å². The maximum atomic E-state index is 12.5. The molecule has 0 unspecified atom stereocenters. The molecule has 0 amide bonds. The van der Waals surface area contributed by atoms with Gasteiger partial charge >= 0.3 is 0 Å². The van der Waals surface area contributed by atoms with Crippen LogP contribution in [-0.2, 0) is 0 Å². The fourth-order valence-electron chi connectivity index (χ4n) is 2.25. The normalized spacial score (nSPS) is 11.4. The van der Waals surface area contributed by atoms with Crippen LogP contribution >= 0.6 is 11.6 Å². The molecule has 0 saturated heterocycles. The zero-order chi connectivity index (χ0) is 14.3. The molecule has 20 heavy (non-hydrogen) atoms. The SMILES string of the molecule is CC(C)c1c(-c2cccc(Cl)c2)nc2nc[nH]n2c1=O. The van der Waals surface area contributed by atoms with E-state index in [0.717, 1.165) is 5.56 Å². The summed E-state index contributed by atoms with van der Waals surface area (Å²) in [6.45, 7) is 3.93. The van der Waals surface area contributed by atoms with E-state index < -0.39 is 0 Å². The van der Waals surface area contributed by atoms with Crippen LogP contribution in [0, 0.1) is 0 Å². The van der Waals surface area contributed by atoms with Crippen molar-refractivity contribution in [2.45, 2.75) is 19.8 Å². The second kappa shape index (κ2) is 4.76. The summed E-state index contributed by atoms with van der Waals surface area (Å²) in [5.41, 5.74) is 1.98. The Bertz CT molecular complexity index is 835. The van der Waals surface area contributed by atoms with Crippen LogP contribution in [0.15, 0.2) is 35.4 Å². The van der Waals surface area contributed by atoms with Gasteiger partial charge in [-0.05, 0) is 18.1 Å². The number of fused-ring (bicyclic) bond motifs is 1. The van der Waals surface area contributed by atoms with E-state index in [4.69, 9.17) is 11.6 Å². The lowest BCUT2D eigenvalue weighted by molar-refractivity contribution is 0.797. The predicted molar refractivity (Wildman–Crippen MR) is 78.1 cm³/mol. The van der Waals surface area contributed by atoms with Crippen LogP contribution in [0.5, 0.6) is 0 Å². The zero-order valence-electron chi connectivity index (χ0n) is 11.1. The van der Waals surface area contributed by atoms with E-state index in [-0.39, 0.29) is 11.5 Å². The first-order valence-corrected chi connectivity index (χ1v) is 6.67. The van der Waals surface area contributed by atoms with Gasteiger partial charge in [0.15, 0.2) is 0 Å². The van der Waals surface area contributed by atoms with Crippen molar-refractivity contribution in [1.29, 1.82) is 0 Å². The van der Waals surface area contributed by atoms with Gasteiger partial charge in [-0.15, -0.1) is 0 Å². The highest BCUT2D eigenvalue weighted by atomic mass is 35.5. The van der Waals surface area contributed by atoms with Crippen molar-refractivity contribution in [2.75, 3.05) is 0 Å². The number of benzene rings is 1. The lowest BCUT2D eigenvalue weighted by Crippen LogP contribution is -2.22. The number of nitrogens with zero attached hydrogens (tertiary/aromatic N) is 3. The molecule has 0 saturated carbocycles. The smallest absolute Gasteiger partial charge is 0.278 e. The standard InChI is InChI=1S/C14H13ClN4O/c1-8(2)11-12(9-4-3-5-10(15)6-9)18-14-16-7-17-19(14)13(11)20/h3-8H,1-2H3,(H,16,17,18). The third-order valence-corrected chi connectivity index (χ3v) is 3.38. The lowest BCUT2D eigenvalue weighted by atomic mass is 9.98. The van der Waals surface area contributed by atoms with Crippen LogP contribution in [0.1, 0.15) is 25.3 Å². The highest BCUT2D eigenvalue weighted by molar-refractivity contribution is 6.30. The van der Waals surface area contributed by atoms with Crippen molar-refractivity contribution < 1.29 is 0 Å². The van der Waals surface area contributed by atoms with Gasteiger partial charge in [0, 0.05) is 16.1 Å². The van der Waals surface area contributed by atoms with Gasteiger partial charge < -0.3 is 0 Å². The quantitative estimate of drug-likeness (QED) is 0.788. The highest BCUT2D eigenvalue weighted by Gasteiger charge is 2.18. The second-order valence-electron chi connectivity index (χ2n) is 4.87. The summed E-state index contributed by atoms with van der Waals surface area (Å²) in [5, 5.41) is 3.39. The van der Waals surface area contributed by atoms with Gasteiger partial charge in [0.1, 0.15) is 6.33 Å². The summed E-state index contributed by atoms with van der Waals surface area (Å²) in [7, 11) is 0. The van der Waals surface area contributed by atoms with E-state index in [1.165, 1.54) is 10.8 Å². The fraction of sp³-hybridized carbons (Fsp3) is 0.214. The Hall–Kier alpha value is -2.14. The minimum absolute atomic E-state index is 0.0455. The first-order chi connectivity index (χ1) is 9.58. The number of hydrogen-bond acceptors (Lipinski definition) is 3. The third-order valence-electron chi connectivity index (χ3n) is 3.14. The molecule has 0 aliphatic carbocycles. The number of nitrogens with one attached hydrogen (secondary N) is 1. The minimum atomic E-state index is -0.127. The zero-order valence-corrected chi connectivity index (χ0v) is 11.8. The molecule has 5 nitrogen and oxygen atoms in total. The molecule has 2 heterocycles. The Morgan fingerprint density at radius 2 is 2.15 bits per heavy atom. The molecule has 0 aliphatic rings. The van der Waals surface area contributed by atoms with Gasteiger partial charge in [-0.25, -0.2) is 9.97 Å². The topological polar surface area (TPSA) is 63.1 Å². The third kappa shape index (κ3) is 2.00. The maximum absolute atomic E-state index is 12.5.